The fourth-order valence-electron chi connectivity index (χ4n) is 3.37. The van der Waals surface area contributed by atoms with E-state index in [4.69, 9.17) is 0 Å². The van der Waals surface area contributed by atoms with E-state index < -0.39 is 6.04 Å². The summed E-state index contributed by atoms with van der Waals surface area (Å²) in [6.07, 6.45) is 0.913. The number of carbonyl (C=O) groups excluding carboxylic acids is 1. The highest BCUT2D eigenvalue weighted by atomic mass is 79.9. The van der Waals surface area contributed by atoms with Gasteiger partial charge in [-0.2, -0.15) is 5.10 Å². The molecule has 6 heteroatoms. The second kappa shape index (κ2) is 8.69. The van der Waals surface area contributed by atoms with Crippen LogP contribution in [0.5, 0.6) is 0 Å². The molecule has 0 bridgehead atoms. The van der Waals surface area contributed by atoms with Crippen LogP contribution < -0.4 is 5.32 Å². The first kappa shape index (κ1) is 20.3. The smallest absolute Gasteiger partial charge is 0.221 e. The van der Waals surface area contributed by atoms with E-state index in [-0.39, 0.29) is 11.7 Å². The van der Waals surface area contributed by atoms with Crippen LogP contribution in [0.1, 0.15) is 40.5 Å². The van der Waals surface area contributed by atoms with Gasteiger partial charge in [0.25, 0.3) is 0 Å². The number of hydrogen-bond donors (Lipinski definition) is 1. The fourth-order valence-corrected chi connectivity index (χ4v) is 3.71. The third-order valence-corrected chi connectivity index (χ3v) is 5.47. The van der Waals surface area contributed by atoms with Gasteiger partial charge in [0.2, 0.25) is 5.91 Å². The van der Waals surface area contributed by atoms with Crippen molar-refractivity contribution in [2.45, 2.75) is 32.7 Å². The van der Waals surface area contributed by atoms with Crippen LogP contribution in [0.3, 0.4) is 0 Å². The minimum Gasteiger partial charge on any atom is -0.345 e. The van der Waals surface area contributed by atoms with Crippen LogP contribution in [-0.4, -0.2) is 15.7 Å². The molecule has 1 aromatic heterocycles. The van der Waals surface area contributed by atoms with Crippen LogP contribution >= 0.6 is 15.9 Å². The molecule has 0 spiro atoms. The van der Waals surface area contributed by atoms with E-state index in [9.17, 15) is 9.18 Å². The first-order valence-electron chi connectivity index (χ1n) is 9.15. The number of amides is 1. The van der Waals surface area contributed by atoms with Crippen molar-refractivity contribution in [1.29, 1.82) is 0 Å². The summed E-state index contributed by atoms with van der Waals surface area (Å²) in [6.45, 7) is 3.95. The van der Waals surface area contributed by atoms with Crippen LogP contribution in [0, 0.1) is 19.7 Å². The Labute approximate surface area is 172 Å². The van der Waals surface area contributed by atoms with Gasteiger partial charge >= 0.3 is 0 Å². The highest BCUT2D eigenvalue weighted by Crippen LogP contribution is 2.27. The Morgan fingerprint density at radius 3 is 2.54 bits per heavy atom. The summed E-state index contributed by atoms with van der Waals surface area (Å²) in [7, 11) is 1.90. The Kier molecular flexibility index (Phi) is 6.29. The maximum atomic E-state index is 14.6. The number of nitrogens with zero attached hydrogens (tertiary/aromatic N) is 2. The number of carbonyl (C=O) groups is 1. The zero-order valence-corrected chi connectivity index (χ0v) is 17.8. The molecule has 0 saturated heterocycles. The van der Waals surface area contributed by atoms with E-state index in [0.717, 1.165) is 22.5 Å². The van der Waals surface area contributed by atoms with Crippen molar-refractivity contribution in [1.82, 2.24) is 15.1 Å². The first-order valence-corrected chi connectivity index (χ1v) is 9.94. The molecule has 1 heterocycles. The lowest BCUT2D eigenvalue weighted by Crippen LogP contribution is -2.30. The number of rotatable bonds is 6. The molecule has 0 saturated carbocycles. The quantitative estimate of drug-likeness (QED) is 0.595. The lowest BCUT2D eigenvalue weighted by molar-refractivity contribution is -0.121. The highest BCUT2D eigenvalue weighted by molar-refractivity contribution is 9.10. The SMILES string of the molecule is Cc1nn(C)c(C)c1CCC(=O)NC(c1ccccc1)c1ccc(Br)cc1F. The second-order valence-corrected chi connectivity index (χ2v) is 7.77. The van der Waals surface area contributed by atoms with Crippen LogP contribution in [0.15, 0.2) is 53.0 Å². The molecule has 3 rings (SSSR count). The minimum atomic E-state index is -0.544. The molecule has 0 radical (unpaired) electrons. The lowest BCUT2D eigenvalue weighted by atomic mass is 9.97. The van der Waals surface area contributed by atoms with Gasteiger partial charge in [0, 0.05) is 29.2 Å². The van der Waals surface area contributed by atoms with E-state index in [2.05, 4.69) is 26.3 Å². The average molecular weight is 444 g/mol. The van der Waals surface area contributed by atoms with Crippen molar-refractivity contribution in [3.63, 3.8) is 0 Å². The number of halogens is 2. The molecular weight excluding hydrogens is 421 g/mol. The predicted molar refractivity (Wildman–Crippen MR) is 112 cm³/mol. The summed E-state index contributed by atoms with van der Waals surface area (Å²) in [5.74, 6) is -0.485. The van der Waals surface area contributed by atoms with Gasteiger partial charge in [-0.15, -0.1) is 0 Å². The van der Waals surface area contributed by atoms with Crippen molar-refractivity contribution in [2.24, 2.45) is 7.05 Å². The first-order chi connectivity index (χ1) is 13.4. The third-order valence-electron chi connectivity index (χ3n) is 4.97. The molecule has 0 aliphatic carbocycles. The average Bonchev–Trinajstić information content (AvgIpc) is 2.91. The van der Waals surface area contributed by atoms with Crippen molar-refractivity contribution in [2.75, 3.05) is 0 Å². The van der Waals surface area contributed by atoms with E-state index in [1.165, 1.54) is 6.07 Å². The van der Waals surface area contributed by atoms with Gasteiger partial charge in [0.1, 0.15) is 5.82 Å². The fraction of sp³-hybridized carbons (Fsp3) is 0.273. The van der Waals surface area contributed by atoms with Gasteiger partial charge in [-0.05, 0) is 43.5 Å². The Morgan fingerprint density at radius 1 is 1.21 bits per heavy atom. The molecule has 146 valence electrons. The molecule has 1 atom stereocenters. The van der Waals surface area contributed by atoms with Crippen LogP contribution in [0.25, 0.3) is 0 Å². The monoisotopic (exact) mass is 443 g/mol. The van der Waals surface area contributed by atoms with Gasteiger partial charge in [-0.3, -0.25) is 9.48 Å². The maximum absolute atomic E-state index is 14.6. The van der Waals surface area contributed by atoms with Gasteiger partial charge in [0.05, 0.1) is 11.7 Å². The number of hydrogen-bond acceptors (Lipinski definition) is 2. The van der Waals surface area contributed by atoms with Crippen molar-refractivity contribution >= 4 is 21.8 Å². The summed E-state index contributed by atoms with van der Waals surface area (Å²) < 4.78 is 17.1. The van der Waals surface area contributed by atoms with Crippen molar-refractivity contribution in [3.05, 3.63) is 86.9 Å². The molecule has 0 aliphatic rings. The van der Waals surface area contributed by atoms with E-state index in [0.29, 0.717) is 22.9 Å². The van der Waals surface area contributed by atoms with E-state index in [1.807, 2.05) is 55.9 Å². The maximum Gasteiger partial charge on any atom is 0.221 e. The molecule has 1 N–H and O–H groups in total. The van der Waals surface area contributed by atoms with Gasteiger partial charge in [-0.1, -0.05) is 52.3 Å². The second-order valence-electron chi connectivity index (χ2n) is 6.85. The molecule has 0 fully saturated rings. The molecule has 1 amide bonds. The third kappa shape index (κ3) is 4.50. The van der Waals surface area contributed by atoms with Crippen LogP contribution in [0.2, 0.25) is 0 Å². The Balaban J connectivity index is 1.80. The summed E-state index contributed by atoms with van der Waals surface area (Å²) in [5.41, 5.74) is 4.36. The number of benzene rings is 2. The minimum absolute atomic E-state index is 0.126. The van der Waals surface area contributed by atoms with Gasteiger partial charge < -0.3 is 5.32 Å². The zero-order valence-electron chi connectivity index (χ0n) is 16.2. The number of aryl methyl sites for hydroxylation is 2. The molecule has 2 aromatic carbocycles. The van der Waals surface area contributed by atoms with Crippen molar-refractivity contribution < 1.29 is 9.18 Å². The molecule has 1 unspecified atom stereocenters. The molecule has 4 nitrogen and oxygen atoms in total. The lowest BCUT2D eigenvalue weighted by Gasteiger charge is -2.21. The standard InChI is InChI=1S/C22H23BrFN3O/c1-14-18(15(2)27(3)26-14)11-12-21(28)25-22(16-7-5-4-6-8-16)19-10-9-17(23)13-20(19)24/h4-10,13,22H,11-12H2,1-3H3,(H,25,28). The number of nitrogens with one attached hydrogen (secondary N) is 1. The predicted octanol–water partition coefficient (Wildman–Crippen LogP) is 4.78. The number of aromatic nitrogens is 2. The molecule has 0 aliphatic heterocycles. The van der Waals surface area contributed by atoms with Crippen LogP contribution in [-0.2, 0) is 18.3 Å². The highest BCUT2D eigenvalue weighted by Gasteiger charge is 2.21. The largest absolute Gasteiger partial charge is 0.345 e. The summed E-state index contributed by atoms with van der Waals surface area (Å²) in [4.78, 5) is 12.7. The van der Waals surface area contributed by atoms with Crippen molar-refractivity contribution in [3.8, 4) is 0 Å². The van der Waals surface area contributed by atoms with E-state index >= 15 is 0 Å². The summed E-state index contributed by atoms with van der Waals surface area (Å²) >= 11 is 3.28. The summed E-state index contributed by atoms with van der Waals surface area (Å²) in [6, 6.07) is 13.8. The zero-order chi connectivity index (χ0) is 20.3. The normalized spacial score (nSPS) is 12.0. The molecule has 3 aromatic rings. The van der Waals surface area contributed by atoms with E-state index in [1.54, 1.807) is 12.1 Å². The Morgan fingerprint density at radius 2 is 1.93 bits per heavy atom. The van der Waals surface area contributed by atoms with Gasteiger partial charge in [-0.25, -0.2) is 4.39 Å². The van der Waals surface area contributed by atoms with Crippen LogP contribution in [0.4, 0.5) is 4.39 Å². The Bertz CT molecular complexity index is 985. The molecular formula is C22H23BrFN3O. The Hall–Kier alpha value is -2.47. The molecule has 28 heavy (non-hydrogen) atoms. The topological polar surface area (TPSA) is 46.9 Å². The van der Waals surface area contributed by atoms with Gasteiger partial charge in [0.15, 0.2) is 0 Å². The summed E-state index contributed by atoms with van der Waals surface area (Å²) in [5, 5.41) is 7.40.